The number of carbonyl (C=O) groups is 4. The van der Waals surface area contributed by atoms with Crippen LogP contribution in [0.25, 0.3) is 31.3 Å². The lowest BCUT2D eigenvalue weighted by atomic mass is 9.80. The average molecular weight is 1070 g/mol. The van der Waals surface area contributed by atoms with Crippen LogP contribution in [-0.4, -0.2) is 148 Å². The molecule has 0 amide bonds. The van der Waals surface area contributed by atoms with E-state index >= 15 is 0 Å². The summed E-state index contributed by atoms with van der Waals surface area (Å²) in [6.45, 7) is 20.6. The van der Waals surface area contributed by atoms with E-state index in [1.54, 1.807) is 44.2 Å². The van der Waals surface area contributed by atoms with Gasteiger partial charge in [-0.15, -0.1) is 0 Å². The molecule has 420 valence electrons. The molecule has 5 aliphatic heterocycles. The van der Waals surface area contributed by atoms with Crippen molar-refractivity contribution in [3.8, 4) is 0 Å². The summed E-state index contributed by atoms with van der Waals surface area (Å²) in [4.78, 5) is 62.5. The molecule has 5 aliphatic rings. The highest BCUT2D eigenvalue weighted by Gasteiger charge is 2.56. The second-order valence-corrected chi connectivity index (χ2v) is 20.8. The van der Waals surface area contributed by atoms with Crippen LogP contribution >= 0.6 is 0 Å². The van der Waals surface area contributed by atoms with Crippen molar-refractivity contribution in [3.63, 3.8) is 0 Å². The molecule has 5 fully saturated rings. The van der Waals surface area contributed by atoms with Crippen LogP contribution in [0.1, 0.15) is 106 Å². The maximum Gasteiger partial charge on any atom is 0.338 e. The minimum Gasteiger partial charge on any atom is -0.463 e. The Hall–Kier alpha value is -4.97. The highest BCUT2D eigenvalue weighted by atomic mass is 16.8. The first-order valence-corrected chi connectivity index (χ1v) is 26.2. The van der Waals surface area contributed by atoms with Crippen molar-refractivity contribution in [1.29, 1.82) is 0 Å². The SMILES string of the molecule is CCC1O[C@H](O[C@@H]2C(C(C)=O)O[C@@H](O[C@@H]3C(CC)O[C@H](O[C@@H]4C(C(C)=O)O[C@@H](O[C@@H]5C(COC(C)=O)O[C@H](OC)[C@@H](N=[N+]=[N-])C5C)[C@@H](OC(=O)c5ccccc5)C4C)[C@@H](N=[N+]=[N-])C3C)[C@@H](C)C2C)[C@@H](N=[N+]=[N-])C(C)[C@@H]1C. The third-order valence-corrected chi connectivity index (χ3v) is 16.1. The summed E-state index contributed by atoms with van der Waals surface area (Å²) < 4.78 is 76.2. The van der Waals surface area contributed by atoms with Gasteiger partial charge in [-0.3, -0.25) is 14.4 Å². The van der Waals surface area contributed by atoms with Crippen molar-refractivity contribution in [3.05, 3.63) is 67.2 Å². The van der Waals surface area contributed by atoms with Gasteiger partial charge in [-0.2, -0.15) is 0 Å². The summed E-state index contributed by atoms with van der Waals surface area (Å²) in [5.74, 6) is -5.12. The molecule has 1 aromatic carbocycles. The maximum absolute atomic E-state index is 13.9. The molecular weight excluding hydrogens is 995 g/mol. The molecular formula is C51H75N9O16. The van der Waals surface area contributed by atoms with Gasteiger partial charge in [0.25, 0.3) is 0 Å². The fourth-order valence-corrected chi connectivity index (χ4v) is 11.2. The number of benzene rings is 1. The zero-order chi connectivity index (χ0) is 55.7. The summed E-state index contributed by atoms with van der Waals surface area (Å²) in [6.07, 6.45) is -14.3. The van der Waals surface area contributed by atoms with E-state index in [1.807, 2.05) is 41.5 Å². The molecule has 5 saturated heterocycles. The Labute approximate surface area is 442 Å². The number of hydrogen-bond donors (Lipinski definition) is 0. The Bertz CT molecular complexity index is 2300. The lowest BCUT2D eigenvalue weighted by Gasteiger charge is -2.51. The van der Waals surface area contributed by atoms with Crippen molar-refractivity contribution < 1.29 is 76.0 Å². The van der Waals surface area contributed by atoms with Gasteiger partial charge in [0.1, 0.15) is 31.0 Å². The van der Waals surface area contributed by atoms with Crippen LogP contribution in [0.4, 0.5) is 0 Å². The van der Waals surface area contributed by atoms with Gasteiger partial charge in [0.15, 0.2) is 49.1 Å². The zero-order valence-electron chi connectivity index (χ0n) is 45.5. The molecule has 1 aromatic rings. The summed E-state index contributed by atoms with van der Waals surface area (Å²) in [5.41, 5.74) is 29.2. The molecule has 0 saturated carbocycles. The summed E-state index contributed by atoms with van der Waals surface area (Å²) in [6, 6.07) is 5.51. The summed E-state index contributed by atoms with van der Waals surface area (Å²) in [5, 5.41) is 12.1. The average Bonchev–Trinajstić information content (AvgIpc) is 3.39. The van der Waals surface area contributed by atoms with Gasteiger partial charge in [0, 0.05) is 40.6 Å². The van der Waals surface area contributed by atoms with Crippen molar-refractivity contribution in [2.45, 2.75) is 207 Å². The molecule has 0 aliphatic carbocycles. The van der Waals surface area contributed by atoms with E-state index in [0.717, 1.165) is 0 Å². The van der Waals surface area contributed by atoms with E-state index in [1.165, 1.54) is 27.9 Å². The Kier molecular flexibility index (Phi) is 21.5. The Balaban J connectivity index is 1.27. The maximum atomic E-state index is 13.9. The van der Waals surface area contributed by atoms with Gasteiger partial charge in [0.2, 0.25) is 0 Å². The molecule has 25 atom stereocenters. The second-order valence-electron chi connectivity index (χ2n) is 20.8. The molecule has 5 heterocycles. The van der Waals surface area contributed by atoms with E-state index in [2.05, 4.69) is 37.0 Å². The lowest BCUT2D eigenvalue weighted by Crippen LogP contribution is -2.64. The number of rotatable bonds is 20. The minimum absolute atomic E-state index is 0.0725. The smallest absolute Gasteiger partial charge is 0.338 e. The molecule has 25 nitrogen and oxygen atoms in total. The van der Waals surface area contributed by atoms with Gasteiger partial charge >= 0.3 is 11.9 Å². The zero-order valence-corrected chi connectivity index (χ0v) is 45.5. The normalized spacial score (nSPS) is 41.5. The van der Waals surface area contributed by atoms with Crippen LogP contribution < -0.4 is 0 Å². The van der Waals surface area contributed by atoms with E-state index in [0.29, 0.717) is 12.8 Å². The van der Waals surface area contributed by atoms with E-state index < -0.39 is 140 Å². The van der Waals surface area contributed by atoms with Crippen LogP contribution in [0.15, 0.2) is 45.7 Å². The lowest BCUT2D eigenvalue weighted by molar-refractivity contribution is -0.355. The van der Waals surface area contributed by atoms with E-state index in [4.69, 9.17) is 56.8 Å². The molecule has 25 heteroatoms. The number of ketones is 2. The number of Topliss-reactive ketones (excluding diaryl/α,β-unsaturated/α-hetero) is 2. The van der Waals surface area contributed by atoms with Crippen molar-refractivity contribution in [2.75, 3.05) is 13.7 Å². The number of methoxy groups -OCH3 is 1. The summed E-state index contributed by atoms with van der Waals surface area (Å²) in [7, 11) is 1.37. The molecule has 0 aromatic heterocycles. The highest BCUT2D eigenvalue weighted by molar-refractivity contribution is 5.89. The van der Waals surface area contributed by atoms with Crippen molar-refractivity contribution in [2.24, 2.45) is 56.8 Å². The van der Waals surface area contributed by atoms with Crippen LogP contribution in [0.3, 0.4) is 0 Å². The topological polar surface area (TPSA) is 325 Å². The third kappa shape index (κ3) is 13.3. The number of carbonyl (C=O) groups excluding carboxylic acids is 4. The van der Waals surface area contributed by atoms with Crippen LogP contribution in [-0.2, 0) is 71.2 Å². The fraction of sp³-hybridized carbons (Fsp3) is 0.804. The first-order valence-electron chi connectivity index (χ1n) is 26.2. The molecule has 0 bridgehead atoms. The van der Waals surface area contributed by atoms with Crippen LogP contribution in [0.5, 0.6) is 0 Å². The number of nitrogens with zero attached hydrogens (tertiary/aromatic N) is 9. The molecule has 0 N–H and O–H groups in total. The quantitative estimate of drug-likeness (QED) is 0.0515. The first kappa shape index (κ1) is 60.3. The van der Waals surface area contributed by atoms with E-state index in [9.17, 15) is 35.8 Å². The minimum atomic E-state index is -1.50. The third-order valence-electron chi connectivity index (χ3n) is 16.1. The second kappa shape index (κ2) is 27.1. The number of azide groups is 3. The first-order chi connectivity index (χ1) is 36.2. The Morgan fingerprint density at radius 3 is 1.49 bits per heavy atom. The molecule has 10 unspecified atom stereocenters. The van der Waals surface area contributed by atoms with Gasteiger partial charge < -0.3 is 56.8 Å². The number of hydrogen-bond acceptors (Lipinski definition) is 19. The van der Waals surface area contributed by atoms with Gasteiger partial charge in [-0.25, -0.2) is 4.79 Å². The standard InChI is InChI=1S/C51H75N9O16/c1-14-33-22(3)23(4)36(55-58-52)49(67-33)73-41-24(5)25(6)47(75-44(41)29(10)61)71-39-27(8)38(57-60-54)50(68-34(39)15-2)74-42-28(9)43(70-46(64)32-19-17-16-18-20-32)51(76-45(42)30(11)62)72-40-26(7)37(56-59-53)48(65-13)69-35(40)21-66-31(12)63/h16-20,22-28,33-45,47-51H,14-15,21H2,1-13H3/t22-,23?,24?,25-,26?,27?,28?,33?,34?,35?,36-,37-,38-,39-,40-,41-,42-,43-,44?,45?,47+,48-,49+,50+,51+/m0/s1. The van der Waals surface area contributed by atoms with Crippen LogP contribution in [0, 0.1) is 41.4 Å². The molecule has 0 spiro atoms. The Morgan fingerprint density at radius 2 is 0.974 bits per heavy atom. The largest absolute Gasteiger partial charge is 0.463 e. The summed E-state index contributed by atoms with van der Waals surface area (Å²) >= 11 is 0. The van der Waals surface area contributed by atoms with Crippen LogP contribution in [0.2, 0.25) is 0 Å². The van der Waals surface area contributed by atoms with Gasteiger partial charge in [-0.1, -0.05) is 95.9 Å². The fourth-order valence-electron chi connectivity index (χ4n) is 11.2. The van der Waals surface area contributed by atoms with Crippen molar-refractivity contribution >= 4 is 23.5 Å². The van der Waals surface area contributed by atoms with Gasteiger partial charge in [0.05, 0.1) is 54.2 Å². The van der Waals surface area contributed by atoms with Gasteiger partial charge in [-0.05, 0) is 85.0 Å². The number of esters is 2. The Morgan fingerprint density at radius 1 is 0.513 bits per heavy atom. The molecule has 6 rings (SSSR count). The van der Waals surface area contributed by atoms with E-state index in [-0.39, 0.29) is 47.7 Å². The van der Waals surface area contributed by atoms with Crippen molar-refractivity contribution in [1.82, 2.24) is 0 Å². The highest BCUT2D eigenvalue weighted by Crippen LogP contribution is 2.44. The predicted molar refractivity (Wildman–Crippen MR) is 267 cm³/mol. The molecule has 76 heavy (non-hydrogen) atoms. The molecule has 0 radical (unpaired) electrons. The monoisotopic (exact) mass is 1070 g/mol. The predicted octanol–water partition coefficient (Wildman–Crippen LogP) is 8.07. The number of ether oxygens (including phenoxy) is 12.